The maximum atomic E-state index is 3.75. The largest absolute Gasteiger partial charge is 0.360 e. The molecule has 0 bridgehead atoms. The van der Waals surface area contributed by atoms with Crippen molar-refractivity contribution in [3.8, 4) is 0 Å². The fourth-order valence-corrected chi connectivity index (χ4v) is 3.62. The van der Waals surface area contributed by atoms with Gasteiger partial charge >= 0.3 is 0 Å². The highest BCUT2D eigenvalue weighted by molar-refractivity contribution is 5.96. The van der Waals surface area contributed by atoms with Crippen molar-refractivity contribution in [3.05, 3.63) is 83.9 Å². The van der Waals surface area contributed by atoms with Crippen molar-refractivity contribution < 1.29 is 0 Å². The lowest BCUT2D eigenvalue weighted by molar-refractivity contribution is 0.423. The maximum absolute atomic E-state index is 3.75. The third-order valence-corrected chi connectivity index (χ3v) is 4.51. The number of rotatable bonds is 4. The van der Waals surface area contributed by atoms with Crippen LogP contribution in [0.15, 0.2) is 72.8 Å². The zero-order chi connectivity index (χ0) is 16.6. The Bertz CT molecular complexity index is 891. The maximum Gasteiger partial charge on any atom is 0.135 e. The number of hydrogen-bond donors (Lipinski definition) is 2. The Morgan fingerprint density at radius 1 is 0.833 bits per heavy atom. The van der Waals surface area contributed by atoms with Gasteiger partial charge in [0.05, 0.1) is 0 Å². The molecule has 4 rings (SSSR count). The normalized spacial score (nSPS) is 19.0. The molecule has 2 heteroatoms. The number of benzene rings is 3. The summed E-state index contributed by atoms with van der Waals surface area (Å²) in [5.74, 6) is 0. The summed E-state index contributed by atoms with van der Waals surface area (Å²) in [7, 11) is 0. The van der Waals surface area contributed by atoms with E-state index in [2.05, 4.69) is 97.3 Å². The zero-order valence-corrected chi connectivity index (χ0v) is 14.1. The molecule has 1 aliphatic carbocycles. The highest BCUT2D eigenvalue weighted by atomic mass is 15.2. The van der Waals surface area contributed by atoms with E-state index in [4.69, 9.17) is 0 Å². The zero-order valence-electron chi connectivity index (χ0n) is 14.1. The average molecular weight is 314 g/mol. The van der Waals surface area contributed by atoms with E-state index >= 15 is 0 Å². The predicted molar refractivity (Wildman–Crippen MR) is 103 cm³/mol. The number of anilines is 1. The minimum Gasteiger partial charge on any atom is -0.360 e. The molecule has 0 radical (unpaired) electrons. The SMILES string of the molecule is CC(C)NC1(Nc2ccccc2)C=Cc2cccc3cccc1c23. The van der Waals surface area contributed by atoms with E-state index in [1.165, 1.54) is 21.9 Å². The van der Waals surface area contributed by atoms with Crippen LogP contribution in [0.1, 0.15) is 25.0 Å². The number of para-hydroxylation sites is 1. The molecule has 0 saturated carbocycles. The molecular weight excluding hydrogens is 292 g/mol. The molecule has 2 N–H and O–H groups in total. The summed E-state index contributed by atoms with van der Waals surface area (Å²) in [5, 5.41) is 10.1. The molecule has 3 aromatic carbocycles. The van der Waals surface area contributed by atoms with Gasteiger partial charge in [-0.15, -0.1) is 0 Å². The van der Waals surface area contributed by atoms with Crippen molar-refractivity contribution in [2.24, 2.45) is 0 Å². The van der Waals surface area contributed by atoms with Crippen LogP contribution in [-0.2, 0) is 5.66 Å². The van der Waals surface area contributed by atoms with Gasteiger partial charge in [-0.3, -0.25) is 5.32 Å². The highest BCUT2D eigenvalue weighted by Crippen LogP contribution is 2.38. The van der Waals surface area contributed by atoms with Gasteiger partial charge in [0.2, 0.25) is 0 Å². The topological polar surface area (TPSA) is 24.1 Å². The van der Waals surface area contributed by atoms with E-state index in [9.17, 15) is 0 Å². The monoisotopic (exact) mass is 314 g/mol. The first-order valence-electron chi connectivity index (χ1n) is 8.50. The molecule has 1 atom stereocenters. The van der Waals surface area contributed by atoms with Gasteiger partial charge < -0.3 is 5.32 Å². The second kappa shape index (κ2) is 5.81. The molecule has 0 heterocycles. The number of nitrogens with one attached hydrogen (secondary N) is 2. The molecule has 0 aromatic heterocycles. The highest BCUT2D eigenvalue weighted by Gasteiger charge is 2.34. The van der Waals surface area contributed by atoms with Crippen LogP contribution >= 0.6 is 0 Å². The quantitative estimate of drug-likeness (QED) is 0.652. The van der Waals surface area contributed by atoms with Gasteiger partial charge in [0.25, 0.3) is 0 Å². The van der Waals surface area contributed by atoms with Crippen LogP contribution in [0.5, 0.6) is 0 Å². The summed E-state index contributed by atoms with van der Waals surface area (Å²) >= 11 is 0. The fourth-order valence-electron chi connectivity index (χ4n) is 3.62. The van der Waals surface area contributed by atoms with E-state index < -0.39 is 5.66 Å². The summed E-state index contributed by atoms with van der Waals surface area (Å²) in [6.07, 6.45) is 4.47. The van der Waals surface area contributed by atoms with Gasteiger partial charge in [0, 0.05) is 17.3 Å². The van der Waals surface area contributed by atoms with Gasteiger partial charge in [-0.2, -0.15) is 0 Å². The summed E-state index contributed by atoms with van der Waals surface area (Å²) in [6.45, 7) is 4.37. The molecular formula is C22H22N2. The Labute approximate surface area is 143 Å². The van der Waals surface area contributed by atoms with Crippen LogP contribution in [0.4, 0.5) is 5.69 Å². The molecule has 0 spiro atoms. The molecule has 0 amide bonds. The van der Waals surface area contributed by atoms with Crippen molar-refractivity contribution in [3.63, 3.8) is 0 Å². The molecule has 1 unspecified atom stereocenters. The Morgan fingerprint density at radius 2 is 1.58 bits per heavy atom. The fraction of sp³-hybridized carbons (Fsp3) is 0.182. The standard InChI is InChI=1S/C22H22N2/c1-16(2)23-22(24-19-11-4-3-5-12-19)15-14-18-9-6-8-17-10-7-13-20(22)21(17)18/h3-16,23-24H,1-2H3. The van der Waals surface area contributed by atoms with E-state index in [1.54, 1.807) is 0 Å². The number of hydrogen-bond acceptors (Lipinski definition) is 2. The van der Waals surface area contributed by atoms with Crippen LogP contribution in [0.3, 0.4) is 0 Å². The molecule has 0 aliphatic heterocycles. The lowest BCUT2D eigenvalue weighted by atomic mass is 9.85. The molecule has 120 valence electrons. The summed E-state index contributed by atoms with van der Waals surface area (Å²) in [5.41, 5.74) is 3.24. The third kappa shape index (κ3) is 2.49. The van der Waals surface area contributed by atoms with E-state index in [0.29, 0.717) is 6.04 Å². The van der Waals surface area contributed by atoms with Crippen molar-refractivity contribution in [2.45, 2.75) is 25.6 Å². The summed E-state index contributed by atoms with van der Waals surface area (Å²) in [6, 6.07) is 23.8. The Kier molecular flexibility index (Phi) is 3.62. The van der Waals surface area contributed by atoms with Crippen LogP contribution in [-0.4, -0.2) is 6.04 Å². The summed E-state index contributed by atoms with van der Waals surface area (Å²) in [4.78, 5) is 0. The molecule has 1 aliphatic rings. The lowest BCUT2D eigenvalue weighted by Crippen LogP contribution is -2.51. The van der Waals surface area contributed by atoms with Crippen molar-refractivity contribution >= 4 is 22.5 Å². The van der Waals surface area contributed by atoms with Crippen LogP contribution in [0, 0.1) is 0 Å². The Hall–Kier alpha value is -2.58. The average Bonchev–Trinajstić information content (AvgIpc) is 2.59. The Balaban J connectivity index is 1.92. The minimum atomic E-state index is -0.413. The molecule has 0 fully saturated rings. The van der Waals surface area contributed by atoms with Gasteiger partial charge in [-0.1, -0.05) is 60.7 Å². The van der Waals surface area contributed by atoms with Crippen molar-refractivity contribution in [1.29, 1.82) is 0 Å². The van der Waals surface area contributed by atoms with Crippen molar-refractivity contribution in [2.75, 3.05) is 5.32 Å². The Morgan fingerprint density at radius 3 is 2.33 bits per heavy atom. The second-order valence-electron chi connectivity index (χ2n) is 6.68. The summed E-state index contributed by atoms with van der Waals surface area (Å²) < 4.78 is 0. The lowest BCUT2D eigenvalue weighted by Gasteiger charge is -2.39. The minimum absolute atomic E-state index is 0.339. The second-order valence-corrected chi connectivity index (χ2v) is 6.68. The van der Waals surface area contributed by atoms with E-state index in [-0.39, 0.29) is 0 Å². The van der Waals surface area contributed by atoms with E-state index in [1.807, 2.05) is 6.07 Å². The van der Waals surface area contributed by atoms with Crippen molar-refractivity contribution in [1.82, 2.24) is 5.32 Å². The van der Waals surface area contributed by atoms with Crippen LogP contribution in [0.25, 0.3) is 16.8 Å². The molecule has 2 nitrogen and oxygen atoms in total. The van der Waals surface area contributed by atoms with E-state index in [0.717, 1.165) is 5.69 Å². The first-order valence-corrected chi connectivity index (χ1v) is 8.50. The first-order chi connectivity index (χ1) is 11.7. The predicted octanol–water partition coefficient (Wildman–Crippen LogP) is 5.13. The van der Waals surface area contributed by atoms with Gasteiger partial charge in [-0.25, -0.2) is 0 Å². The van der Waals surface area contributed by atoms with Crippen LogP contribution in [0.2, 0.25) is 0 Å². The van der Waals surface area contributed by atoms with Gasteiger partial charge in [-0.05, 0) is 48.4 Å². The molecule has 0 saturated heterocycles. The van der Waals surface area contributed by atoms with Crippen LogP contribution < -0.4 is 10.6 Å². The smallest absolute Gasteiger partial charge is 0.135 e. The van der Waals surface area contributed by atoms with Gasteiger partial charge in [0.1, 0.15) is 5.66 Å². The first kappa shape index (κ1) is 15.0. The third-order valence-electron chi connectivity index (χ3n) is 4.51. The molecule has 24 heavy (non-hydrogen) atoms. The van der Waals surface area contributed by atoms with Gasteiger partial charge in [0.15, 0.2) is 0 Å². The molecule has 3 aromatic rings.